The summed E-state index contributed by atoms with van der Waals surface area (Å²) < 4.78 is 0. The highest BCUT2D eigenvalue weighted by atomic mass is 15.1. The lowest BCUT2D eigenvalue weighted by Gasteiger charge is -2.33. The molecule has 0 spiro atoms. The predicted octanol–water partition coefficient (Wildman–Crippen LogP) is 1.74. The summed E-state index contributed by atoms with van der Waals surface area (Å²) in [6.45, 7) is 5.96. The summed E-state index contributed by atoms with van der Waals surface area (Å²) in [5.41, 5.74) is 0. The van der Waals surface area contributed by atoms with E-state index in [0.29, 0.717) is 0 Å². The molecule has 1 saturated heterocycles. The molecule has 0 N–H and O–H groups in total. The SMILES string of the molecule is C[C@@H]1CCN(C)[C@@H](C)C1. The Balaban J connectivity index is 2.35. The lowest BCUT2D eigenvalue weighted by Crippen LogP contribution is -2.36. The molecule has 0 bridgehead atoms. The smallest absolute Gasteiger partial charge is 0.00664 e. The van der Waals surface area contributed by atoms with Crippen molar-refractivity contribution in [3.05, 3.63) is 0 Å². The molecule has 0 aromatic rings. The van der Waals surface area contributed by atoms with E-state index in [1.54, 1.807) is 0 Å². The molecule has 54 valence electrons. The zero-order chi connectivity index (χ0) is 6.85. The molecule has 1 fully saturated rings. The van der Waals surface area contributed by atoms with Gasteiger partial charge in [-0.3, -0.25) is 0 Å². The fourth-order valence-corrected chi connectivity index (χ4v) is 1.52. The molecule has 0 aliphatic carbocycles. The number of rotatable bonds is 0. The first-order chi connectivity index (χ1) is 4.20. The van der Waals surface area contributed by atoms with Crippen molar-refractivity contribution < 1.29 is 0 Å². The lowest BCUT2D eigenvalue weighted by atomic mass is 9.94. The summed E-state index contributed by atoms with van der Waals surface area (Å²) in [6.07, 6.45) is 2.78. The van der Waals surface area contributed by atoms with Gasteiger partial charge >= 0.3 is 0 Å². The van der Waals surface area contributed by atoms with E-state index in [-0.39, 0.29) is 0 Å². The van der Waals surface area contributed by atoms with Crippen LogP contribution in [0, 0.1) is 5.92 Å². The van der Waals surface area contributed by atoms with Crippen molar-refractivity contribution in [1.29, 1.82) is 0 Å². The van der Waals surface area contributed by atoms with Crippen LogP contribution in [0.25, 0.3) is 0 Å². The molecule has 0 amide bonds. The van der Waals surface area contributed by atoms with Gasteiger partial charge in [-0.25, -0.2) is 0 Å². The summed E-state index contributed by atoms with van der Waals surface area (Å²) in [5, 5.41) is 0. The third kappa shape index (κ3) is 1.68. The normalized spacial score (nSPS) is 39.0. The zero-order valence-electron chi connectivity index (χ0n) is 6.72. The highest BCUT2D eigenvalue weighted by molar-refractivity contribution is 4.73. The first-order valence-electron chi connectivity index (χ1n) is 3.90. The van der Waals surface area contributed by atoms with Crippen LogP contribution in [-0.4, -0.2) is 24.5 Å². The molecular weight excluding hydrogens is 110 g/mol. The minimum absolute atomic E-state index is 0.814. The molecule has 1 rings (SSSR count). The Labute approximate surface area is 58.0 Å². The van der Waals surface area contributed by atoms with Crippen molar-refractivity contribution >= 4 is 0 Å². The zero-order valence-corrected chi connectivity index (χ0v) is 6.72. The largest absolute Gasteiger partial charge is 0.304 e. The first-order valence-corrected chi connectivity index (χ1v) is 3.90. The molecule has 1 nitrogen and oxygen atoms in total. The van der Waals surface area contributed by atoms with Crippen LogP contribution in [0.5, 0.6) is 0 Å². The van der Waals surface area contributed by atoms with Crippen LogP contribution >= 0.6 is 0 Å². The molecule has 1 heterocycles. The van der Waals surface area contributed by atoms with Gasteiger partial charge in [-0.2, -0.15) is 0 Å². The molecule has 0 aromatic heterocycles. The highest BCUT2D eigenvalue weighted by Crippen LogP contribution is 2.19. The number of piperidine rings is 1. The van der Waals surface area contributed by atoms with Gasteiger partial charge in [-0.05, 0) is 39.3 Å². The van der Waals surface area contributed by atoms with Crippen molar-refractivity contribution in [1.82, 2.24) is 4.90 Å². The van der Waals surface area contributed by atoms with Gasteiger partial charge < -0.3 is 4.90 Å². The molecule has 1 heteroatoms. The molecule has 9 heavy (non-hydrogen) atoms. The van der Waals surface area contributed by atoms with Crippen LogP contribution in [0.3, 0.4) is 0 Å². The minimum atomic E-state index is 0.814. The van der Waals surface area contributed by atoms with Crippen molar-refractivity contribution in [2.75, 3.05) is 13.6 Å². The molecule has 0 unspecified atom stereocenters. The van der Waals surface area contributed by atoms with Gasteiger partial charge in [0.15, 0.2) is 0 Å². The molecule has 0 aromatic carbocycles. The van der Waals surface area contributed by atoms with E-state index in [9.17, 15) is 0 Å². The average Bonchev–Trinajstić information content (AvgIpc) is 1.80. The summed E-state index contributed by atoms with van der Waals surface area (Å²) in [5.74, 6) is 0.955. The average molecular weight is 127 g/mol. The third-order valence-corrected chi connectivity index (χ3v) is 2.47. The molecular formula is C8H17N. The Bertz CT molecular complexity index is 90.6. The maximum atomic E-state index is 2.44. The first kappa shape index (κ1) is 7.07. The van der Waals surface area contributed by atoms with Crippen molar-refractivity contribution in [3.63, 3.8) is 0 Å². The van der Waals surface area contributed by atoms with E-state index < -0.39 is 0 Å². The maximum Gasteiger partial charge on any atom is 0.00664 e. The highest BCUT2D eigenvalue weighted by Gasteiger charge is 2.18. The standard InChI is InChI=1S/C8H17N/c1-7-4-5-9(3)8(2)6-7/h7-8H,4-6H2,1-3H3/t7-,8+/m1/s1. The topological polar surface area (TPSA) is 3.24 Å². The molecule has 1 aliphatic rings. The van der Waals surface area contributed by atoms with Crippen LogP contribution in [-0.2, 0) is 0 Å². The van der Waals surface area contributed by atoms with Crippen molar-refractivity contribution in [2.45, 2.75) is 32.7 Å². The molecule has 0 radical (unpaired) electrons. The van der Waals surface area contributed by atoms with E-state index >= 15 is 0 Å². The fraction of sp³-hybridized carbons (Fsp3) is 1.00. The lowest BCUT2D eigenvalue weighted by molar-refractivity contribution is 0.162. The van der Waals surface area contributed by atoms with Gasteiger partial charge in [0.25, 0.3) is 0 Å². The second-order valence-corrected chi connectivity index (χ2v) is 3.46. The Hall–Kier alpha value is -0.0400. The Morgan fingerprint density at radius 3 is 2.44 bits per heavy atom. The molecule has 2 atom stereocenters. The molecule has 0 saturated carbocycles. The van der Waals surface area contributed by atoms with Gasteiger partial charge in [-0.15, -0.1) is 0 Å². The minimum Gasteiger partial charge on any atom is -0.304 e. The number of hydrogen-bond donors (Lipinski definition) is 0. The second-order valence-electron chi connectivity index (χ2n) is 3.46. The summed E-state index contributed by atoms with van der Waals surface area (Å²) in [6, 6.07) is 0.814. The molecule has 1 aliphatic heterocycles. The number of hydrogen-bond acceptors (Lipinski definition) is 1. The van der Waals surface area contributed by atoms with Gasteiger partial charge in [0.1, 0.15) is 0 Å². The van der Waals surface area contributed by atoms with Gasteiger partial charge in [0, 0.05) is 6.04 Å². The number of nitrogens with zero attached hydrogens (tertiary/aromatic N) is 1. The van der Waals surface area contributed by atoms with Crippen molar-refractivity contribution in [3.8, 4) is 0 Å². The summed E-state index contributed by atoms with van der Waals surface area (Å²) in [7, 11) is 2.22. The van der Waals surface area contributed by atoms with Crippen molar-refractivity contribution in [2.24, 2.45) is 5.92 Å². The number of likely N-dealkylation sites (tertiary alicyclic amines) is 1. The van der Waals surface area contributed by atoms with E-state index in [1.165, 1.54) is 19.4 Å². The summed E-state index contributed by atoms with van der Waals surface area (Å²) in [4.78, 5) is 2.44. The van der Waals surface area contributed by atoms with E-state index in [1.807, 2.05) is 0 Å². The van der Waals surface area contributed by atoms with Crippen LogP contribution in [0.15, 0.2) is 0 Å². The van der Waals surface area contributed by atoms with Crippen LogP contribution < -0.4 is 0 Å². The Kier molecular flexibility index (Phi) is 2.12. The van der Waals surface area contributed by atoms with Crippen LogP contribution in [0.2, 0.25) is 0 Å². The third-order valence-electron chi connectivity index (χ3n) is 2.47. The van der Waals surface area contributed by atoms with E-state index in [2.05, 4.69) is 25.8 Å². The van der Waals surface area contributed by atoms with Gasteiger partial charge in [0.05, 0.1) is 0 Å². The Morgan fingerprint density at radius 2 is 2.00 bits per heavy atom. The van der Waals surface area contributed by atoms with Gasteiger partial charge in [0.2, 0.25) is 0 Å². The second kappa shape index (κ2) is 2.70. The fourth-order valence-electron chi connectivity index (χ4n) is 1.52. The van der Waals surface area contributed by atoms with Gasteiger partial charge in [-0.1, -0.05) is 6.92 Å². The van der Waals surface area contributed by atoms with Crippen LogP contribution in [0.1, 0.15) is 26.7 Å². The maximum absolute atomic E-state index is 2.44. The monoisotopic (exact) mass is 127 g/mol. The quantitative estimate of drug-likeness (QED) is 0.479. The summed E-state index contributed by atoms with van der Waals surface area (Å²) >= 11 is 0. The van der Waals surface area contributed by atoms with E-state index in [0.717, 1.165) is 12.0 Å². The predicted molar refractivity (Wildman–Crippen MR) is 40.5 cm³/mol. The Morgan fingerprint density at radius 1 is 1.33 bits per heavy atom. The van der Waals surface area contributed by atoms with E-state index in [4.69, 9.17) is 0 Å². The van der Waals surface area contributed by atoms with Crippen LogP contribution in [0.4, 0.5) is 0 Å².